The Hall–Kier alpha value is -3.00. The number of alkyl halides is 3. The van der Waals surface area contributed by atoms with E-state index in [0.29, 0.717) is 17.9 Å². The van der Waals surface area contributed by atoms with Crippen LogP contribution in [0.4, 0.5) is 18.0 Å². The molecule has 2 aromatic carbocycles. The van der Waals surface area contributed by atoms with Gasteiger partial charge in [0.1, 0.15) is 11.9 Å². The quantitative estimate of drug-likeness (QED) is 0.359. The summed E-state index contributed by atoms with van der Waals surface area (Å²) in [4.78, 5) is 14.1. The van der Waals surface area contributed by atoms with Gasteiger partial charge in [-0.2, -0.15) is 13.2 Å². The second-order valence-electron chi connectivity index (χ2n) is 9.24. The summed E-state index contributed by atoms with van der Waals surface area (Å²) >= 11 is 0. The molecule has 1 saturated heterocycles. The van der Waals surface area contributed by atoms with Crippen molar-refractivity contribution in [3.8, 4) is 5.75 Å². The number of carbonyl (C=O) groups excluding carboxylic acids is 1. The van der Waals surface area contributed by atoms with Crippen molar-refractivity contribution < 1.29 is 27.4 Å². The predicted octanol–water partition coefficient (Wildman–Crippen LogP) is 6.45. The van der Waals surface area contributed by atoms with Crippen molar-refractivity contribution in [2.75, 3.05) is 26.2 Å². The van der Waals surface area contributed by atoms with Crippen LogP contribution in [0.25, 0.3) is 10.9 Å². The first-order valence-electron chi connectivity index (χ1n) is 12.0. The van der Waals surface area contributed by atoms with E-state index in [-0.39, 0.29) is 19.0 Å². The number of aromatic nitrogens is 1. The van der Waals surface area contributed by atoms with E-state index in [4.69, 9.17) is 9.47 Å². The first kappa shape index (κ1) is 25.1. The fourth-order valence-corrected chi connectivity index (χ4v) is 4.90. The topological polar surface area (TPSA) is 43.7 Å². The highest BCUT2D eigenvalue weighted by Gasteiger charge is 2.41. The van der Waals surface area contributed by atoms with Crippen LogP contribution in [-0.4, -0.2) is 54.1 Å². The Morgan fingerprint density at radius 3 is 2.51 bits per heavy atom. The lowest BCUT2D eigenvalue weighted by molar-refractivity contribution is -0.144. The van der Waals surface area contributed by atoms with Gasteiger partial charge in [-0.25, -0.2) is 4.79 Å². The molecule has 1 aliphatic rings. The van der Waals surface area contributed by atoms with Gasteiger partial charge in [-0.15, -0.1) is 0 Å². The minimum Gasteiger partial charge on any atom is -0.487 e. The first-order chi connectivity index (χ1) is 16.7. The van der Waals surface area contributed by atoms with E-state index in [9.17, 15) is 18.0 Å². The molecule has 0 aliphatic carbocycles. The summed E-state index contributed by atoms with van der Waals surface area (Å²) in [7, 11) is 0. The summed E-state index contributed by atoms with van der Waals surface area (Å²) in [5.41, 5.74) is 3.40. The Morgan fingerprint density at radius 1 is 1.09 bits per heavy atom. The third-order valence-corrected chi connectivity index (χ3v) is 6.46. The van der Waals surface area contributed by atoms with Gasteiger partial charge in [0.2, 0.25) is 0 Å². The minimum absolute atomic E-state index is 0.160. The van der Waals surface area contributed by atoms with Crippen molar-refractivity contribution in [3.63, 3.8) is 0 Å². The van der Waals surface area contributed by atoms with E-state index < -0.39 is 24.9 Å². The van der Waals surface area contributed by atoms with E-state index >= 15 is 0 Å². The van der Waals surface area contributed by atoms with Gasteiger partial charge in [-0.05, 0) is 43.0 Å². The zero-order chi connectivity index (χ0) is 25.2. The molecule has 2 heterocycles. The van der Waals surface area contributed by atoms with Crippen molar-refractivity contribution >= 4 is 17.0 Å². The predicted molar refractivity (Wildman–Crippen MR) is 129 cm³/mol. The molecule has 35 heavy (non-hydrogen) atoms. The maximum atomic E-state index is 13.2. The van der Waals surface area contributed by atoms with Crippen LogP contribution in [0.2, 0.25) is 0 Å². The number of hydrogen-bond donors (Lipinski definition) is 0. The average molecular weight is 489 g/mol. The number of rotatable bonds is 7. The second-order valence-corrected chi connectivity index (χ2v) is 9.24. The molecule has 5 nitrogen and oxygen atoms in total. The molecular formula is C27H31F3N2O3. The number of nitrogens with zero attached hydrogens (tertiary/aromatic N) is 2. The van der Waals surface area contributed by atoms with Crippen LogP contribution in [0, 0.1) is 13.8 Å². The number of benzene rings is 2. The van der Waals surface area contributed by atoms with E-state index in [2.05, 4.69) is 0 Å². The van der Waals surface area contributed by atoms with Crippen molar-refractivity contribution in [2.24, 2.45) is 0 Å². The number of likely N-dealkylation sites (tertiary alicyclic amines) is 1. The standard InChI is InChI=1S/C27H31F3N2O3/c1-4-5-13-34-26(33)32-12-11-21-24(32)18(2)14-19(3)25(21)35-23-16-31(17-27(28,29)30)15-22(23)20-9-7-6-8-10-20/h6-12,14,22-23H,4-5,13,15-17H2,1-3H3/t22-,23+/m0/s1. The molecule has 8 heteroatoms. The van der Waals surface area contributed by atoms with Gasteiger partial charge >= 0.3 is 12.3 Å². The third-order valence-electron chi connectivity index (χ3n) is 6.46. The van der Waals surface area contributed by atoms with E-state index in [1.807, 2.05) is 63.2 Å². The highest BCUT2D eigenvalue weighted by atomic mass is 19.4. The van der Waals surface area contributed by atoms with Gasteiger partial charge in [0.15, 0.2) is 0 Å². The lowest BCUT2D eigenvalue weighted by Crippen LogP contribution is -2.33. The van der Waals surface area contributed by atoms with Gasteiger partial charge in [-0.1, -0.05) is 49.7 Å². The number of halogens is 3. The molecule has 188 valence electrons. The summed E-state index contributed by atoms with van der Waals surface area (Å²) in [6.45, 7) is 5.65. The van der Waals surface area contributed by atoms with Crippen LogP contribution in [0.5, 0.6) is 5.75 Å². The number of ether oxygens (including phenoxy) is 2. The number of aryl methyl sites for hydroxylation is 2. The highest BCUT2D eigenvalue weighted by Crippen LogP contribution is 2.38. The Balaban J connectivity index is 1.67. The molecule has 0 amide bonds. The van der Waals surface area contributed by atoms with Crippen molar-refractivity contribution in [1.82, 2.24) is 9.47 Å². The lowest BCUT2D eigenvalue weighted by atomic mass is 9.96. The number of hydrogen-bond acceptors (Lipinski definition) is 4. The molecule has 1 aromatic heterocycles. The minimum atomic E-state index is -4.28. The third kappa shape index (κ3) is 5.64. The fourth-order valence-electron chi connectivity index (χ4n) is 4.90. The van der Waals surface area contributed by atoms with E-state index in [1.165, 1.54) is 9.47 Å². The van der Waals surface area contributed by atoms with Crippen molar-refractivity contribution in [3.05, 3.63) is 65.4 Å². The first-order valence-corrected chi connectivity index (χ1v) is 12.0. The zero-order valence-corrected chi connectivity index (χ0v) is 20.3. The maximum absolute atomic E-state index is 13.2. The number of unbranched alkanes of at least 4 members (excludes halogenated alkanes) is 1. The summed E-state index contributed by atoms with van der Waals surface area (Å²) in [6.07, 6.45) is -1.83. The maximum Gasteiger partial charge on any atom is 0.418 e. The van der Waals surface area contributed by atoms with Crippen molar-refractivity contribution in [1.29, 1.82) is 0 Å². The van der Waals surface area contributed by atoms with Crippen molar-refractivity contribution in [2.45, 2.75) is 51.8 Å². The van der Waals surface area contributed by atoms with E-state index in [0.717, 1.165) is 34.9 Å². The number of fused-ring (bicyclic) bond motifs is 1. The molecule has 4 rings (SSSR count). The zero-order valence-electron chi connectivity index (χ0n) is 20.3. The fraction of sp³-hybridized carbons (Fsp3) is 0.444. The molecule has 0 unspecified atom stereocenters. The SMILES string of the molecule is CCCCOC(=O)n1ccc2c(O[C@@H]3CN(CC(F)(F)F)C[C@H]3c3ccccc3)c(C)cc(C)c21. The van der Waals surface area contributed by atoms with E-state index in [1.54, 1.807) is 6.20 Å². The largest absolute Gasteiger partial charge is 0.487 e. The Morgan fingerprint density at radius 2 is 1.83 bits per heavy atom. The molecule has 2 atom stereocenters. The van der Waals surface area contributed by atoms with Crippen LogP contribution >= 0.6 is 0 Å². The van der Waals surface area contributed by atoms with Crippen LogP contribution in [0.3, 0.4) is 0 Å². The Kier molecular flexibility index (Phi) is 7.40. The Bertz CT molecular complexity index is 1170. The molecule has 0 radical (unpaired) electrons. The molecule has 3 aromatic rings. The molecule has 1 aliphatic heterocycles. The summed E-state index contributed by atoms with van der Waals surface area (Å²) in [5, 5.41) is 0.746. The summed E-state index contributed by atoms with van der Waals surface area (Å²) in [5.74, 6) is 0.376. The number of carbonyl (C=O) groups is 1. The highest BCUT2D eigenvalue weighted by molar-refractivity contribution is 5.96. The van der Waals surface area contributed by atoms with Crippen LogP contribution in [0.1, 0.15) is 42.4 Å². The van der Waals surface area contributed by atoms with Gasteiger partial charge in [-0.3, -0.25) is 9.47 Å². The van der Waals surface area contributed by atoms with Gasteiger partial charge in [0.25, 0.3) is 0 Å². The molecule has 0 spiro atoms. The molecule has 0 saturated carbocycles. The monoisotopic (exact) mass is 488 g/mol. The normalized spacial score (nSPS) is 18.8. The molecular weight excluding hydrogens is 457 g/mol. The second kappa shape index (κ2) is 10.3. The summed E-state index contributed by atoms with van der Waals surface area (Å²) in [6, 6.07) is 13.3. The lowest BCUT2D eigenvalue weighted by Gasteiger charge is -2.23. The van der Waals surface area contributed by atoms with Gasteiger partial charge in [0, 0.05) is 30.6 Å². The Labute approximate surface area is 203 Å². The molecule has 1 fully saturated rings. The van der Waals surface area contributed by atoms with Gasteiger partial charge < -0.3 is 9.47 Å². The molecule has 0 N–H and O–H groups in total. The molecule has 0 bridgehead atoms. The smallest absolute Gasteiger partial charge is 0.418 e. The van der Waals surface area contributed by atoms with Crippen LogP contribution < -0.4 is 4.74 Å². The van der Waals surface area contributed by atoms with Gasteiger partial charge in [0.05, 0.1) is 18.7 Å². The van der Waals surface area contributed by atoms with Crippen LogP contribution in [-0.2, 0) is 4.74 Å². The summed E-state index contributed by atoms with van der Waals surface area (Å²) < 4.78 is 52.9. The van der Waals surface area contributed by atoms with Crippen LogP contribution in [0.15, 0.2) is 48.7 Å². The average Bonchev–Trinajstić information content (AvgIpc) is 3.41.